The summed E-state index contributed by atoms with van der Waals surface area (Å²) < 4.78 is 10.6. The second-order valence-corrected chi connectivity index (χ2v) is 10.6. The van der Waals surface area contributed by atoms with Crippen molar-refractivity contribution in [1.82, 2.24) is 15.6 Å². The van der Waals surface area contributed by atoms with Crippen molar-refractivity contribution in [2.45, 2.75) is 45.6 Å². The van der Waals surface area contributed by atoms with Crippen molar-refractivity contribution >= 4 is 35.2 Å². The molecule has 2 aromatic carbocycles. The molecule has 12 nitrogen and oxygen atoms in total. The monoisotopic (exact) mass is 589 g/mol. The Balaban J connectivity index is 1.38. The molecule has 0 radical (unpaired) electrons. The Morgan fingerprint density at radius 1 is 0.977 bits per heavy atom. The molecule has 4 rings (SSSR count). The number of aliphatic carboxylic acids is 1. The number of anilines is 2. The summed E-state index contributed by atoms with van der Waals surface area (Å²) in [6, 6.07) is 12.4. The number of ether oxygens (including phenoxy) is 2. The molecule has 43 heavy (non-hydrogen) atoms. The number of para-hydroxylation sites is 1. The van der Waals surface area contributed by atoms with Gasteiger partial charge in [0.25, 0.3) is 0 Å². The van der Waals surface area contributed by atoms with E-state index in [1.165, 1.54) is 12.4 Å². The van der Waals surface area contributed by atoms with Gasteiger partial charge in [0.2, 0.25) is 18.6 Å². The van der Waals surface area contributed by atoms with Gasteiger partial charge in [0, 0.05) is 35.9 Å². The Labute approximate surface area is 249 Å². The van der Waals surface area contributed by atoms with Crippen molar-refractivity contribution in [2.24, 2.45) is 5.92 Å². The van der Waals surface area contributed by atoms with Crippen molar-refractivity contribution in [1.29, 1.82) is 0 Å². The number of carboxylic acid groups (broad SMARTS) is 1. The van der Waals surface area contributed by atoms with Gasteiger partial charge < -0.3 is 35.8 Å². The van der Waals surface area contributed by atoms with E-state index in [2.05, 4.69) is 26.3 Å². The lowest BCUT2D eigenvalue weighted by molar-refractivity contribution is -0.139. The number of amides is 4. The normalized spacial score (nSPS) is 13.1. The molecule has 3 aromatic rings. The van der Waals surface area contributed by atoms with Crippen LogP contribution in [0.25, 0.3) is 0 Å². The van der Waals surface area contributed by atoms with Crippen LogP contribution in [0.1, 0.15) is 42.9 Å². The molecule has 1 aliphatic heterocycles. The lowest BCUT2D eigenvalue weighted by Crippen LogP contribution is -2.49. The number of aromatic nitrogens is 1. The fourth-order valence-electron chi connectivity index (χ4n) is 4.60. The number of hydrogen-bond donors (Lipinski definition) is 5. The summed E-state index contributed by atoms with van der Waals surface area (Å²) in [5, 5.41) is 20.8. The highest BCUT2D eigenvalue weighted by atomic mass is 16.7. The minimum absolute atomic E-state index is 0.0564. The number of pyridine rings is 1. The number of fused-ring (bicyclic) bond motifs is 1. The molecule has 226 valence electrons. The first-order valence-corrected chi connectivity index (χ1v) is 13.9. The number of aryl methyl sites for hydroxylation is 1. The highest BCUT2D eigenvalue weighted by Crippen LogP contribution is 2.34. The van der Waals surface area contributed by atoms with Crippen molar-refractivity contribution in [2.75, 3.05) is 24.0 Å². The van der Waals surface area contributed by atoms with Gasteiger partial charge in [-0.05, 0) is 54.7 Å². The average Bonchev–Trinajstić information content (AvgIpc) is 3.43. The van der Waals surface area contributed by atoms with Gasteiger partial charge >= 0.3 is 12.0 Å². The highest BCUT2D eigenvalue weighted by molar-refractivity contribution is 6.01. The van der Waals surface area contributed by atoms with E-state index in [9.17, 15) is 24.3 Å². The molecule has 1 aromatic heterocycles. The number of rotatable bonds is 12. The molecule has 0 bridgehead atoms. The first kappa shape index (κ1) is 30.8. The number of nitrogens with one attached hydrogen (secondary N) is 4. The van der Waals surface area contributed by atoms with Crippen LogP contribution < -0.4 is 30.7 Å². The Morgan fingerprint density at radius 2 is 1.72 bits per heavy atom. The third kappa shape index (κ3) is 8.44. The van der Waals surface area contributed by atoms with Gasteiger partial charge in [-0.2, -0.15) is 0 Å². The first-order chi connectivity index (χ1) is 20.6. The number of carbonyl (C=O) groups excluding carboxylic acids is 3. The Hall–Kier alpha value is -5.13. The van der Waals surface area contributed by atoms with E-state index in [4.69, 9.17) is 9.47 Å². The van der Waals surface area contributed by atoms with E-state index in [1.807, 2.05) is 39.0 Å². The molecular formula is C31H35N5O7. The average molecular weight is 590 g/mol. The molecule has 0 saturated heterocycles. The Kier molecular flexibility index (Phi) is 10.2. The van der Waals surface area contributed by atoms with E-state index in [0.29, 0.717) is 40.4 Å². The second kappa shape index (κ2) is 14.2. The number of urea groups is 1. The zero-order chi connectivity index (χ0) is 30.9. The smallest absolute Gasteiger partial charge is 0.323 e. The largest absolute Gasteiger partial charge is 0.481 e. The molecule has 0 fully saturated rings. The molecule has 1 aliphatic rings. The first-order valence-electron chi connectivity index (χ1n) is 13.9. The molecule has 2 heterocycles. The third-order valence-corrected chi connectivity index (χ3v) is 6.83. The number of benzene rings is 2. The Morgan fingerprint density at radius 3 is 2.47 bits per heavy atom. The van der Waals surface area contributed by atoms with Crippen LogP contribution in [-0.4, -0.2) is 53.3 Å². The number of nitrogens with zero attached hydrogens (tertiary/aromatic N) is 1. The molecule has 0 aliphatic carbocycles. The van der Waals surface area contributed by atoms with Gasteiger partial charge in [-0.15, -0.1) is 0 Å². The van der Waals surface area contributed by atoms with E-state index in [1.54, 1.807) is 30.3 Å². The minimum atomic E-state index is -1.12. The predicted molar refractivity (Wildman–Crippen MR) is 159 cm³/mol. The molecule has 12 heteroatoms. The summed E-state index contributed by atoms with van der Waals surface area (Å²) in [5.41, 5.74) is 2.85. The van der Waals surface area contributed by atoms with Gasteiger partial charge in [-0.1, -0.05) is 38.1 Å². The Bertz CT molecular complexity index is 1490. The van der Waals surface area contributed by atoms with Crippen LogP contribution in [0.15, 0.2) is 60.9 Å². The van der Waals surface area contributed by atoms with Gasteiger partial charge in [0.05, 0.1) is 12.3 Å². The summed E-state index contributed by atoms with van der Waals surface area (Å²) >= 11 is 0. The number of carbonyl (C=O) groups is 4. The summed E-state index contributed by atoms with van der Waals surface area (Å²) in [6.45, 7) is 5.57. The van der Waals surface area contributed by atoms with Gasteiger partial charge in [0.15, 0.2) is 11.5 Å². The molecule has 2 atom stereocenters. The number of hydrogen-bond acceptors (Lipinski definition) is 7. The standard InChI is InChI=1S/C31H35N5O7/c1-18(2)12-25(29(38)33-16-22(30(39)40)20-8-9-26-27(13-20)43-17-42-26)34-28(37)14-21-15-32-11-10-24(21)36-31(41)35-23-7-5-4-6-19(23)3/h4-11,13,15,18,22,25H,12,14,16-17H2,1-3H3,(H,33,38)(H,34,37)(H,39,40)(H2,32,35,36,41)/t22-,25+/m1/s1. The zero-order valence-electron chi connectivity index (χ0n) is 24.2. The van der Waals surface area contributed by atoms with Crippen LogP contribution >= 0.6 is 0 Å². The van der Waals surface area contributed by atoms with Crippen molar-refractivity contribution < 1.29 is 33.8 Å². The SMILES string of the molecule is Cc1ccccc1NC(=O)Nc1ccncc1CC(=O)N[C@@H](CC(C)C)C(=O)NC[C@@H](C(=O)O)c1ccc2c(c1)OCO2. The van der Waals surface area contributed by atoms with Crippen molar-refractivity contribution in [3.05, 3.63) is 77.6 Å². The van der Waals surface area contributed by atoms with Crippen molar-refractivity contribution in [3.63, 3.8) is 0 Å². The fraction of sp³-hybridized carbons (Fsp3) is 0.323. The van der Waals surface area contributed by atoms with Crippen LogP contribution in [0.3, 0.4) is 0 Å². The lowest BCUT2D eigenvalue weighted by atomic mass is 9.98. The highest BCUT2D eigenvalue weighted by Gasteiger charge is 2.27. The third-order valence-electron chi connectivity index (χ3n) is 6.83. The number of carboxylic acids is 1. The van der Waals surface area contributed by atoms with Gasteiger partial charge in [-0.25, -0.2) is 4.79 Å². The summed E-state index contributed by atoms with van der Waals surface area (Å²) in [6.07, 6.45) is 3.16. The van der Waals surface area contributed by atoms with E-state index < -0.39 is 35.8 Å². The van der Waals surface area contributed by atoms with Gasteiger partial charge in [0.1, 0.15) is 6.04 Å². The van der Waals surface area contributed by atoms with E-state index >= 15 is 0 Å². The molecule has 0 unspecified atom stereocenters. The summed E-state index contributed by atoms with van der Waals surface area (Å²) in [4.78, 5) is 55.0. The molecular weight excluding hydrogens is 554 g/mol. The second-order valence-electron chi connectivity index (χ2n) is 10.6. The van der Waals surface area contributed by atoms with Crippen LogP contribution in [0.4, 0.5) is 16.2 Å². The van der Waals surface area contributed by atoms with E-state index in [-0.39, 0.29) is 25.7 Å². The van der Waals surface area contributed by atoms with Crippen LogP contribution in [0.2, 0.25) is 0 Å². The zero-order valence-corrected chi connectivity index (χ0v) is 24.2. The molecule has 0 saturated carbocycles. The molecule has 4 amide bonds. The maximum Gasteiger partial charge on any atom is 0.323 e. The molecule has 0 spiro atoms. The maximum absolute atomic E-state index is 13.2. The van der Waals surface area contributed by atoms with Crippen LogP contribution in [-0.2, 0) is 20.8 Å². The topological polar surface area (TPSA) is 168 Å². The minimum Gasteiger partial charge on any atom is -0.481 e. The summed E-state index contributed by atoms with van der Waals surface area (Å²) in [7, 11) is 0. The van der Waals surface area contributed by atoms with Crippen molar-refractivity contribution in [3.8, 4) is 11.5 Å². The maximum atomic E-state index is 13.2. The quantitative estimate of drug-likeness (QED) is 0.212. The lowest BCUT2D eigenvalue weighted by Gasteiger charge is -2.22. The van der Waals surface area contributed by atoms with Crippen LogP contribution in [0.5, 0.6) is 11.5 Å². The summed E-state index contributed by atoms with van der Waals surface area (Å²) in [5.74, 6) is -2.10. The fourth-order valence-corrected chi connectivity index (χ4v) is 4.60. The predicted octanol–water partition coefficient (Wildman–Crippen LogP) is 3.82. The van der Waals surface area contributed by atoms with Crippen LogP contribution in [0, 0.1) is 12.8 Å². The van der Waals surface area contributed by atoms with E-state index in [0.717, 1.165) is 5.56 Å². The van der Waals surface area contributed by atoms with Gasteiger partial charge in [-0.3, -0.25) is 19.4 Å². The molecule has 5 N–H and O–H groups in total.